The number of fused-ring (bicyclic) bond motifs is 1. The van der Waals surface area contributed by atoms with E-state index in [9.17, 15) is 4.79 Å². The first-order chi connectivity index (χ1) is 16.1. The van der Waals surface area contributed by atoms with Crippen molar-refractivity contribution in [3.05, 3.63) is 102 Å². The summed E-state index contributed by atoms with van der Waals surface area (Å²) in [5.74, 6) is 0.446. The lowest BCUT2D eigenvalue weighted by atomic mass is 10.1. The molecule has 3 aromatic heterocycles. The summed E-state index contributed by atoms with van der Waals surface area (Å²) < 4.78 is 3.76. The molecular weight excluding hydrogens is 412 g/mol. The zero-order valence-electron chi connectivity index (χ0n) is 18.3. The highest BCUT2D eigenvalue weighted by Gasteiger charge is 2.11. The number of para-hydroxylation sites is 1. The molecule has 5 rings (SSSR count). The van der Waals surface area contributed by atoms with E-state index in [1.54, 1.807) is 6.20 Å². The fourth-order valence-corrected chi connectivity index (χ4v) is 3.75. The van der Waals surface area contributed by atoms with Gasteiger partial charge in [-0.15, -0.1) is 0 Å². The Morgan fingerprint density at radius 2 is 1.79 bits per heavy atom. The monoisotopic (exact) mass is 434 g/mol. The molecule has 0 saturated heterocycles. The largest absolute Gasteiger partial charge is 0.323 e. The van der Waals surface area contributed by atoms with Crippen molar-refractivity contribution in [2.45, 2.75) is 13.8 Å². The highest BCUT2D eigenvalue weighted by Crippen LogP contribution is 2.22. The fourth-order valence-electron chi connectivity index (χ4n) is 3.75. The maximum atomic E-state index is 12.5. The summed E-state index contributed by atoms with van der Waals surface area (Å²) in [4.78, 5) is 21.3. The number of imidazole rings is 1. The quantitative estimate of drug-likeness (QED) is 0.401. The lowest BCUT2D eigenvalue weighted by molar-refractivity contribution is -0.111. The third kappa shape index (κ3) is 4.16. The summed E-state index contributed by atoms with van der Waals surface area (Å²) in [5, 5.41) is 7.52. The topological polar surface area (TPSA) is 77.1 Å². The molecule has 0 aliphatic rings. The minimum Gasteiger partial charge on any atom is -0.323 e. The SMILES string of the molecule is Cc1nn(-c2ccccc2)c(C)c1/C=C/C(=O)Nc1ccc(-c2cn3cccnc3n2)cc1. The molecule has 0 spiro atoms. The van der Waals surface area contributed by atoms with Crippen LogP contribution in [0, 0.1) is 13.8 Å². The minimum atomic E-state index is -0.203. The van der Waals surface area contributed by atoms with Gasteiger partial charge in [-0.25, -0.2) is 14.6 Å². The van der Waals surface area contributed by atoms with Crippen LogP contribution in [0.25, 0.3) is 28.8 Å². The fraction of sp³-hybridized carbons (Fsp3) is 0.0769. The standard InChI is InChI=1S/C26H22N6O/c1-18-23(19(2)32(30-18)22-7-4-3-5-8-22)13-14-25(33)28-21-11-9-20(10-12-21)24-17-31-16-6-15-27-26(31)29-24/h3-17H,1-2H3,(H,28,33)/b14-13+. The Morgan fingerprint density at radius 1 is 1.00 bits per heavy atom. The van der Waals surface area contributed by atoms with Crippen molar-refractivity contribution in [3.8, 4) is 16.9 Å². The van der Waals surface area contributed by atoms with E-state index >= 15 is 0 Å². The van der Waals surface area contributed by atoms with Crippen LogP contribution < -0.4 is 5.32 Å². The van der Waals surface area contributed by atoms with Gasteiger partial charge >= 0.3 is 0 Å². The summed E-state index contributed by atoms with van der Waals surface area (Å²) in [7, 11) is 0. The molecule has 0 fully saturated rings. The van der Waals surface area contributed by atoms with Gasteiger partial charge in [-0.1, -0.05) is 30.3 Å². The van der Waals surface area contributed by atoms with Crippen molar-refractivity contribution >= 4 is 23.4 Å². The summed E-state index contributed by atoms with van der Waals surface area (Å²) in [5.41, 5.74) is 6.26. The molecule has 7 nitrogen and oxygen atoms in total. The number of benzene rings is 2. The molecule has 7 heteroatoms. The van der Waals surface area contributed by atoms with E-state index < -0.39 is 0 Å². The summed E-state index contributed by atoms with van der Waals surface area (Å²) in [6, 6.07) is 19.4. The molecule has 162 valence electrons. The molecular formula is C26H22N6O. The maximum Gasteiger partial charge on any atom is 0.248 e. The number of rotatable bonds is 5. The first kappa shape index (κ1) is 20.4. The van der Waals surface area contributed by atoms with Crippen molar-refractivity contribution in [1.29, 1.82) is 0 Å². The zero-order chi connectivity index (χ0) is 22.8. The summed E-state index contributed by atoms with van der Waals surface area (Å²) in [6.45, 7) is 3.94. The van der Waals surface area contributed by atoms with Gasteiger partial charge in [0.05, 0.1) is 17.1 Å². The van der Waals surface area contributed by atoms with Crippen molar-refractivity contribution < 1.29 is 4.79 Å². The summed E-state index contributed by atoms with van der Waals surface area (Å²) >= 11 is 0. The number of hydrogen-bond donors (Lipinski definition) is 1. The minimum absolute atomic E-state index is 0.203. The number of anilines is 1. The van der Waals surface area contributed by atoms with E-state index in [1.165, 1.54) is 6.08 Å². The van der Waals surface area contributed by atoms with Crippen LogP contribution in [0.3, 0.4) is 0 Å². The average molecular weight is 435 g/mol. The molecule has 0 saturated carbocycles. The first-order valence-electron chi connectivity index (χ1n) is 10.6. The van der Waals surface area contributed by atoms with Crippen LogP contribution in [-0.4, -0.2) is 30.1 Å². The normalized spacial score (nSPS) is 11.3. The van der Waals surface area contributed by atoms with Crippen LogP contribution in [-0.2, 0) is 4.79 Å². The molecule has 33 heavy (non-hydrogen) atoms. The zero-order valence-corrected chi connectivity index (χ0v) is 18.3. The van der Waals surface area contributed by atoms with Gasteiger partial charge in [-0.05, 0) is 50.3 Å². The van der Waals surface area contributed by atoms with Gasteiger partial charge in [0.1, 0.15) is 0 Å². The molecule has 3 heterocycles. The molecule has 0 unspecified atom stereocenters. The predicted octanol–water partition coefficient (Wildman–Crippen LogP) is 4.85. The first-order valence-corrected chi connectivity index (χ1v) is 10.6. The molecule has 2 aromatic carbocycles. The second-order valence-electron chi connectivity index (χ2n) is 7.68. The molecule has 1 amide bonds. The molecule has 0 atom stereocenters. The van der Waals surface area contributed by atoms with Gasteiger partial charge in [0.15, 0.2) is 0 Å². The van der Waals surface area contributed by atoms with E-state index in [2.05, 4.69) is 20.4 Å². The number of aromatic nitrogens is 5. The van der Waals surface area contributed by atoms with Crippen LogP contribution in [0.5, 0.6) is 0 Å². The number of nitrogens with zero attached hydrogens (tertiary/aromatic N) is 5. The number of aryl methyl sites for hydroxylation is 1. The Hall–Kier alpha value is -4.52. The van der Waals surface area contributed by atoms with Crippen molar-refractivity contribution in [2.24, 2.45) is 0 Å². The smallest absolute Gasteiger partial charge is 0.248 e. The van der Waals surface area contributed by atoms with E-state index in [0.717, 1.165) is 33.9 Å². The summed E-state index contributed by atoms with van der Waals surface area (Å²) in [6.07, 6.45) is 8.90. The molecule has 0 radical (unpaired) electrons. The number of amides is 1. The van der Waals surface area contributed by atoms with Crippen LogP contribution in [0.1, 0.15) is 17.0 Å². The van der Waals surface area contributed by atoms with Gasteiger partial charge < -0.3 is 5.32 Å². The Bertz CT molecular complexity index is 1430. The van der Waals surface area contributed by atoms with Crippen molar-refractivity contribution in [2.75, 3.05) is 5.32 Å². The average Bonchev–Trinajstić information content (AvgIpc) is 3.39. The lowest BCUT2D eigenvalue weighted by Crippen LogP contribution is -2.07. The molecule has 1 N–H and O–H groups in total. The van der Waals surface area contributed by atoms with E-state index in [-0.39, 0.29) is 5.91 Å². The Kier molecular flexibility index (Phi) is 5.28. The lowest BCUT2D eigenvalue weighted by Gasteiger charge is -2.04. The third-order valence-electron chi connectivity index (χ3n) is 5.43. The maximum absolute atomic E-state index is 12.5. The number of carbonyl (C=O) groups excluding carboxylic acids is 1. The van der Waals surface area contributed by atoms with Gasteiger partial charge in [-0.2, -0.15) is 5.10 Å². The molecule has 0 bridgehead atoms. The molecule has 0 aliphatic carbocycles. The van der Waals surface area contributed by atoms with Crippen LogP contribution in [0.15, 0.2) is 85.3 Å². The molecule has 5 aromatic rings. The van der Waals surface area contributed by atoms with Gasteiger partial charge in [0, 0.05) is 47.2 Å². The van der Waals surface area contributed by atoms with E-state index in [0.29, 0.717) is 11.5 Å². The van der Waals surface area contributed by atoms with Gasteiger partial charge in [-0.3, -0.25) is 9.20 Å². The van der Waals surface area contributed by atoms with Crippen LogP contribution >= 0.6 is 0 Å². The number of nitrogens with one attached hydrogen (secondary N) is 1. The Labute approximate surface area is 191 Å². The third-order valence-corrected chi connectivity index (χ3v) is 5.43. The highest BCUT2D eigenvalue weighted by molar-refractivity contribution is 6.02. The second-order valence-corrected chi connectivity index (χ2v) is 7.68. The van der Waals surface area contributed by atoms with E-state index in [1.807, 2.05) is 102 Å². The van der Waals surface area contributed by atoms with Gasteiger partial charge in [0.25, 0.3) is 0 Å². The van der Waals surface area contributed by atoms with Crippen LogP contribution in [0.4, 0.5) is 5.69 Å². The van der Waals surface area contributed by atoms with Crippen molar-refractivity contribution in [3.63, 3.8) is 0 Å². The Morgan fingerprint density at radius 3 is 2.55 bits per heavy atom. The predicted molar refractivity (Wildman–Crippen MR) is 129 cm³/mol. The van der Waals surface area contributed by atoms with Crippen LogP contribution in [0.2, 0.25) is 0 Å². The Balaban J connectivity index is 1.29. The van der Waals surface area contributed by atoms with E-state index in [4.69, 9.17) is 0 Å². The van der Waals surface area contributed by atoms with Gasteiger partial charge in [0.2, 0.25) is 11.7 Å². The molecule has 0 aliphatic heterocycles. The number of hydrogen-bond acceptors (Lipinski definition) is 4. The second kappa shape index (κ2) is 8.55. The highest BCUT2D eigenvalue weighted by atomic mass is 16.1. The number of carbonyl (C=O) groups is 1. The van der Waals surface area contributed by atoms with Crippen molar-refractivity contribution in [1.82, 2.24) is 24.1 Å².